The SMILES string of the molecule is CCc1ccccc1NS(=O)(=O)c1cccc(Br)c1. The van der Waals surface area contributed by atoms with Gasteiger partial charge in [0.2, 0.25) is 0 Å². The molecule has 0 aliphatic heterocycles. The Morgan fingerprint density at radius 1 is 1.11 bits per heavy atom. The fraction of sp³-hybridized carbons (Fsp3) is 0.143. The summed E-state index contributed by atoms with van der Waals surface area (Å²) in [5.41, 5.74) is 1.60. The van der Waals surface area contributed by atoms with Gasteiger partial charge in [0.1, 0.15) is 0 Å². The maximum Gasteiger partial charge on any atom is 0.261 e. The molecule has 0 saturated carbocycles. The van der Waals surface area contributed by atoms with Crippen molar-refractivity contribution >= 4 is 31.6 Å². The van der Waals surface area contributed by atoms with Gasteiger partial charge in [-0.15, -0.1) is 0 Å². The lowest BCUT2D eigenvalue weighted by molar-refractivity contribution is 0.601. The van der Waals surface area contributed by atoms with Crippen LogP contribution >= 0.6 is 15.9 Å². The highest BCUT2D eigenvalue weighted by Crippen LogP contribution is 2.22. The molecule has 0 amide bonds. The van der Waals surface area contributed by atoms with Gasteiger partial charge in [0.15, 0.2) is 0 Å². The van der Waals surface area contributed by atoms with Gasteiger partial charge < -0.3 is 0 Å². The number of sulfonamides is 1. The highest BCUT2D eigenvalue weighted by Gasteiger charge is 2.15. The Morgan fingerprint density at radius 3 is 2.53 bits per heavy atom. The molecule has 0 radical (unpaired) electrons. The average Bonchev–Trinajstić information content (AvgIpc) is 2.39. The van der Waals surface area contributed by atoms with Gasteiger partial charge in [0.05, 0.1) is 10.6 Å². The molecule has 0 unspecified atom stereocenters. The van der Waals surface area contributed by atoms with E-state index in [1.807, 2.05) is 25.1 Å². The monoisotopic (exact) mass is 339 g/mol. The maximum absolute atomic E-state index is 12.3. The summed E-state index contributed by atoms with van der Waals surface area (Å²) < 4.78 is 27.9. The second-order valence-electron chi connectivity index (χ2n) is 4.07. The van der Waals surface area contributed by atoms with Crippen LogP contribution in [0.1, 0.15) is 12.5 Å². The Labute approximate surface area is 121 Å². The quantitative estimate of drug-likeness (QED) is 0.920. The van der Waals surface area contributed by atoms with E-state index in [-0.39, 0.29) is 4.90 Å². The average molecular weight is 340 g/mol. The van der Waals surface area contributed by atoms with Crippen molar-refractivity contribution in [2.45, 2.75) is 18.2 Å². The lowest BCUT2D eigenvalue weighted by Gasteiger charge is -2.11. The van der Waals surface area contributed by atoms with Crippen LogP contribution in [0, 0.1) is 0 Å². The molecular formula is C14H14BrNO2S. The normalized spacial score (nSPS) is 11.3. The van der Waals surface area contributed by atoms with Crippen molar-refractivity contribution in [1.29, 1.82) is 0 Å². The van der Waals surface area contributed by atoms with Gasteiger partial charge in [-0.1, -0.05) is 47.1 Å². The van der Waals surface area contributed by atoms with Gasteiger partial charge in [-0.25, -0.2) is 8.42 Å². The van der Waals surface area contributed by atoms with Crippen LogP contribution in [0.5, 0.6) is 0 Å². The first-order valence-corrected chi connectivity index (χ1v) is 8.17. The molecule has 0 heterocycles. The molecule has 0 spiro atoms. The fourth-order valence-electron chi connectivity index (χ4n) is 1.77. The van der Waals surface area contributed by atoms with Crippen molar-refractivity contribution in [2.24, 2.45) is 0 Å². The molecule has 19 heavy (non-hydrogen) atoms. The Hall–Kier alpha value is -1.33. The summed E-state index contributed by atoms with van der Waals surface area (Å²) in [4.78, 5) is 0.243. The first-order chi connectivity index (χ1) is 9.03. The zero-order valence-corrected chi connectivity index (χ0v) is 12.8. The van der Waals surface area contributed by atoms with Crippen molar-refractivity contribution in [3.63, 3.8) is 0 Å². The van der Waals surface area contributed by atoms with Crippen molar-refractivity contribution in [3.05, 3.63) is 58.6 Å². The van der Waals surface area contributed by atoms with E-state index >= 15 is 0 Å². The molecule has 0 bridgehead atoms. The van der Waals surface area contributed by atoms with E-state index < -0.39 is 10.0 Å². The molecule has 1 N–H and O–H groups in total. The van der Waals surface area contributed by atoms with E-state index in [1.54, 1.807) is 30.3 Å². The Kier molecular flexibility index (Phi) is 4.27. The van der Waals surface area contributed by atoms with E-state index in [0.717, 1.165) is 16.5 Å². The lowest BCUT2D eigenvalue weighted by atomic mass is 10.1. The van der Waals surface area contributed by atoms with Crippen LogP contribution < -0.4 is 4.72 Å². The summed E-state index contributed by atoms with van der Waals surface area (Å²) in [6.45, 7) is 1.99. The van der Waals surface area contributed by atoms with Crippen LogP contribution in [0.2, 0.25) is 0 Å². The third kappa shape index (κ3) is 3.36. The minimum atomic E-state index is -3.55. The minimum Gasteiger partial charge on any atom is -0.279 e. The van der Waals surface area contributed by atoms with Gasteiger partial charge in [0, 0.05) is 4.47 Å². The number of aryl methyl sites for hydroxylation is 1. The number of hydrogen-bond donors (Lipinski definition) is 1. The van der Waals surface area contributed by atoms with Crippen LogP contribution in [-0.4, -0.2) is 8.42 Å². The smallest absolute Gasteiger partial charge is 0.261 e. The van der Waals surface area contributed by atoms with E-state index in [1.165, 1.54) is 0 Å². The molecule has 3 nitrogen and oxygen atoms in total. The largest absolute Gasteiger partial charge is 0.279 e. The van der Waals surface area contributed by atoms with Crippen molar-refractivity contribution in [2.75, 3.05) is 4.72 Å². The van der Waals surface area contributed by atoms with Crippen LogP contribution in [-0.2, 0) is 16.4 Å². The number of anilines is 1. The number of rotatable bonds is 4. The molecule has 0 aromatic heterocycles. The van der Waals surface area contributed by atoms with E-state index in [4.69, 9.17) is 0 Å². The standard InChI is InChI=1S/C14H14BrNO2S/c1-2-11-6-3-4-9-14(11)16-19(17,18)13-8-5-7-12(15)10-13/h3-10,16H,2H2,1H3. The summed E-state index contributed by atoms with van der Waals surface area (Å²) in [5, 5.41) is 0. The van der Waals surface area contributed by atoms with Crippen LogP contribution in [0.3, 0.4) is 0 Å². The predicted octanol–water partition coefficient (Wildman–Crippen LogP) is 3.81. The molecule has 0 fully saturated rings. The van der Waals surface area contributed by atoms with E-state index in [0.29, 0.717) is 5.69 Å². The van der Waals surface area contributed by atoms with Gasteiger partial charge in [-0.3, -0.25) is 4.72 Å². The van der Waals surface area contributed by atoms with Crippen LogP contribution in [0.25, 0.3) is 0 Å². The van der Waals surface area contributed by atoms with Crippen molar-refractivity contribution < 1.29 is 8.42 Å². The summed E-state index contributed by atoms with van der Waals surface area (Å²) in [6.07, 6.45) is 0.775. The highest BCUT2D eigenvalue weighted by atomic mass is 79.9. The van der Waals surface area contributed by atoms with Gasteiger partial charge in [0.25, 0.3) is 10.0 Å². The molecule has 2 rings (SSSR count). The second-order valence-corrected chi connectivity index (χ2v) is 6.67. The molecule has 100 valence electrons. The molecule has 5 heteroatoms. The molecule has 0 saturated heterocycles. The summed E-state index contributed by atoms with van der Waals surface area (Å²) in [6, 6.07) is 14.0. The summed E-state index contributed by atoms with van der Waals surface area (Å²) in [5.74, 6) is 0. The van der Waals surface area contributed by atoms with Gasteiger partial charge in [-0.2, -0.15) is 0 Å². The molecule has 2 aromatic rings. The Morgan fingerprint density at radius 2 is 1.84 bits per heavy atom. The second kappa shape index (κ2) is 5.75. The molecule has 0 aliphatic rings. The molecule has 0 aliphatic carbocycles. The molecule has 0 atom stereocenters. The van der Waals surface area contributed by atoms with Crippen LogP contribution in [0.15, 0.2) is 57.9 Å². The Bertz CT molecular complexity index is 683. The minimum absolute atomic E-state index is 0.243. The Balaban J connectivity index is 2.37. The fourth-order valence-corrected chi connectivity index (χ4v) is 3.46. The number of nitrogens with one attached hydrogen (secondary N) is 1. The first-order valence-electron chi connectivity index (χ1n) is 5.89. The molecule has 2 aromatic carbocycles. The number of para-hydroxylation sites is 1. The van der Waals surface area contributed by atoms with E-state index in [9.17, 15) is 8.42 Å². The maximum atomic E-state index is 12.3. The third-order valence-electron chi connectivity index (χ3n) is 2.75. The third-order valence-corrected chi connectivity index (χ3v) is 4.61. The number of halogens is 1. The van der Waals surface area contributed by atoms with Crippen molar-refractivity contribution in [3.8, 4) is 0 Å². The summed E-state index contributed by atoms with van der Waals surface area (Å²) >= 11 is 3.28. The number of hydrogen-bond acceptors (Lipinski definition) is 2. The topological polar surface area (TPSA) is 46.2 Å². The lowest BCUT2D eigenvalue weighted by Crippen LogP contribution is -2.14. The zero-order valence-electron chi connectivity index (χ0n) is 10.4. The van der Waals surface area contributed by atoms with Gasteiger partial charge in [-0.05, 0) is 36.2 Å². The van der Waals surface area contributed by atoms with Crippen LogP contribution in [0.4, 0.5) is 5.69 Å². The highest BCUT2D eigenvalue weighted by molar-refractivity contribution is 9.10. The van der Waals surface area contributed by atoms with Crippen molar-refractivity contribution in [1.82, 2.24) is 0 Å². The number of benzene rings is 2. The summed E-state index contributed by atoms with van der Waals surface area (Å²) in [7, 11) is -3.55. The zero-order chi connectivity index (χ0) is 13.9. The van der Waals surface area contributed by atoms with Gasteiger partial charge >= 0.3 is 0 Å². The molecular weight excluding hydrogens is 326 g/mol. The van der Waals surface area contributed by atoms with E-state index in [2.05, 4.69) is 20.7 Å². The first kappa shape index (κ1) is 14.1. The predicted molar refractivity (Wildman–Crippen MR) is 80.8 cm³/mol.